The summed E-state index contributed by atoms with van der Waals surface area (Å²) in [4.78, 5) is 0. The zero-order chi connectivity index (χ0) is 13.2. The van der Waals surface area contributed by atoms with Crippen molar-refractivity contribution in [3.8, 4) is 5.75 Å². The van der Waals surface area contributed by atoms with Crippen molar-refractivity contribution in [1.82, 2.24) is 10.6 Å². The molecule has 0 aliphatic carbocycles. The van der Waals surface area contributed by atoms with Crippen LogP contribution >= 0.6 is 24.0 Å². The van der Waals surface area contributed by atoms with E-state index < -0.39 is 6.36 Å². The van der Waals surface area contributed by atoms with Gasteiger partial charge in [0.05, 0.1) is 5.02 Å². The quantitative estimate of drug-likeness (QED) is 0.880. The average molecular weight is 317 g/mol. The van der Waals surface area contributed by atoms with E-state index in [2.05, 4.69) is 15.4 Å². The molecule has 0 unspecified atom stereocenters. The highest BCUT2D eigenvalue weighted by Gasteiger charge is 2.32. The molecule has 1 saturated heterocycles. The Morgan fingerprint density at radius 3 is 2.53 bits per heavy atom. The number of hydrogen-bond donors (Lipinski definition) is 2. The van der Waals surface area contributed by atoms with Crippen LogP contribution in [0.15, 0.2) is 18.2 Å². The first-order valence-corrected chi connectivity index (χ1v) is 5.83. The van der Waals surface area contributed by atoms with E-state index in [0.29, 0.717) is 0 Å². The molecule has 0 aromatic heterocycles. The Morgan fingerprint density at radius 1 is 1.26 bits per heavy atom. The van der Waals surface area contributed by atoms with Gasteiger partial charge in [0.2, 0.25) is 0 Å². The summed E-state index contributed by atoms with van der Waals surface area (Å²) in [6.45, 7) is 2.40. The molecule has 1 aliphatic rings. The van der Waals surface area contributed by atoms with Gasteiger partial charge < -0.3 is 15.4 Å². The second-order valence-corrected chi connectivity index (χ2v) is 4.36. The SMILES string of the molecule is Cl.FC(F)(F)Oc1ccc([C@@H]2CNCCN2)cc1Cl. The summed E-state index contributed by atoms with van der Waals surface area (Å²) in [5.41, 5.74) is 0.835. The predicted octanol–water partition coefficient (Wildman–Crippen LogP) is 2.89. The molecular formula is C11H13Cl2F3N2O. The Morgan fingerprint density at radius 2 is 2.00 bits per heavy atom. The highest BCUT2D eigenvalue weighted by atomic mass is 35.5. The Labute approximate surface area is 119 Å². The van der Waals surface area contributed by atoms with Crippen LogP contribution in [0.3, 0.4) is 0 Å². The van der Waals surface area contributed by atoms with E-state index in [4.69, 9.17) is 11.6 Å². The van der Waals surface area contributed by atoms with E-state index in [-0.39, 0.29) is 29.2 Å². The Kier molecular flexibility index (Phi) is 5.73. The third-order valence-corrected chi connectivity index (χ3v) is 2.92. The van der Waals surface area contributed by atoms with Gasteiger partial charge in [-0.15, -0.1) is 25.6 Å². The van der Waals surface area contributed by atoms with E-state index in [1.165, 1.54) is 12.1 Å². The molecular weight excluding hydrogens is 304 g/mol. The first-order chi connectivity index (χ1) is 8.46. The van der Waals surface area contributed by atoms with Crippen LogP contribution in [0.1, 0.15) is 11.6 Å². The van der Waals surface area contributed by atoms with Gasteiger partial charge in [0.15, 0.2) is 0 Å². The molecule has 0 spiro atoms. The van der Waals surface area contributed by atoms with Crippen LogP contribution < -0.4 is 15.4 Å². The zero-order valence-electron chi connectivity index (χ0n) is 9.76. The van der Waals surface area contributed by atoms with Crippen molar-refractivity contribution < 1.29 is 17.9 Å². The third-order valence-electron chi connectivity index (χ3n) is 2.62. The van der Waals surface area contributed by atoms with Crippen LogP contribution in [0.2, 0.25) is 5.02 Å². The molecule has 108 valence electrons. The first kappa shape index (κ1) is 16.4. The molecule has 1 atom stereocenters. The van der Waals surface area contributed by atoms with Gasteiger partial charge in [-0.1, -0.05) is 17.7 Å². The van der Waals surface area contributed by atoms with E-state index >= 15 is 0 Å². The second-order valence-electron chi connectivity index (χ2n) is 3.95. The number of piperazine rings is 1. The van der Waals surface area contributed by atoms with Crippen LogP contribution in [0.4, 0.5) is 13.2 Å². The Hall–Kier alpha value is -0.690. The van der Waals surface area contributed by atoms with E-state index in [9.17, 15) is 13.2 Å². The number of nitrogens with one attached hydrogen (secondary N) is 2. The highest BCUT2D eigenvalue weighted by Crippen LogP contribution is 2.32. The fourth-order valence-electron chi connectivity index (χ4n) is 1.83. The number of halogens is 5. The molecule has 2 N–H and O–H groups in total. The lowest BCUT2D eigenvalue weighted by Crippen LogP contribution is -2.42. The molecule has 0 saturated carbocycles. The van der Waals surface area contributed by atoms with Gasteiger partial charge in [0, 0.05) is 25.7 Å². The van der Waals surface area contributed by atoms with Crippen molar-refractivity contribution in [2.24, 2.45) is 0 Å². The standard InChI is InChI=1S/C11H12ClF3N2O.ClH/c12-8-5-7(9-6-16-3-4-17-9)1-2-10(8)18-11(13,14)15;/h1-2,5,9,16-17H,3-4,6H2;1H/t9-;/m0./s1. The minimum atomic E-state index is -4.73. The topological polar surface area (TPSA) is 33.3 Å². The van der Waals surface area contributed by atoms with Crippen LogP contribution in [0, 0.1) is 0 Å². The van der Waals surface area contributed by atoms with Crippen molar-refractivity contribution in [2.45, 2.75) is 12.4 Å². The second kappa shape index (κ2) is 6.65. The maximum absolute atomic E-state index is 12.1. The fraction of sp³-hybridized carbons (Fsp3) is 0.455. The maximum atomic E-state index is 12.1. The number of hydrogen-bond acceptors (Lipinski definition) is 3. The van der Waals surface area contributed by atoms with Crippen LogP contribution in [-0.4, -0.2) is 26.0 Å². The minimum absolute atomic E-state index is 0. The summed E-state index contributed by atoms with van der Waals surface area (Å²) in [6.07, 6.45) is -4.73. The normalized spacial score (nSPS) is 19.7. The smallest absolute Gasteiger partial charge is 0.404 e. The molecule has 19 heavy (non-hydrogen) atoms. The lowest BCUT2D eigenvalue weighted by Gasteiger charge is -2.25. The zero-order valence-corrected chi connectivity index (χ0v) is 11.3. The summed E-state index contributed by atoms with van der Waals surface area (Å²) >= 11 is 5.78. The molecule has 3 nitrogen and oxygen atoms in total. The maximum Gasteiger partial charge on any atom is 0.573 e. The van der Waals surface area contributed by atoms with E-state index in [0.717, 1.165) is 25.2 Å². The van der Waals surface area contributed by atoms with Gasteiger partial charge in [0.25, 0.3) is 0 Å². The van der Waals surface area contributed by atoms with Crippen molar-refractivity contribution in [3.63, 3.8) is 0 Å². The van der Waals surface area contributed by atoms with Gasteiger partial charge in [0.1, 0.15) is 5.75 Å². The third kappa shape index (κ3) is 4.72. The number of ether oxygens (including phenoxy) is 1. The first-order valence-electron chi connectivity index (χ1n) is 5.45. The Bertz CT molecular complexity index is 423. The molecule has 8 heteroatoms. The summed E-state index contributed by atoms with van der Waals surface area (Å²) in [5, 5.41) is 6.39. The lowest BCUT2D eigenvalue weighted by molar-refractivity contribution is -0.274. The van der Waals surface area contributed by atoms with Gasteiger partial charge in [-0.05, 0) is 17.7 Å². The lowest BCUT2D eigenvalue weighted by atomic mass is 10.1. The number of alkyl halides is 3. The van der Waals surface area contributed by atoms with E-state index in [1.54, 1.807) is 6.07 Å². The molecule has 1 aromatic rings. The molecule has 1 heterocycles. The van der Waals surface area contributed by atoms with Gasteiger partial charge in [-0.3, -0.25) is 0 Å². The van der Waals surface area contributed by atoms with Gasteiger partial charge >= 0.3 is 6.36 Å². The minimum Gasteiger partial charge on any atom is -0.404 e. The fourth-order valence-corrected chi connectivity index (χ4v) is 2.06. The summed E-state index contributed by atoms with van der Waals surface area (Å²) in [7, 11) is 0. The van der Waals surface area contributed by atoms with Crippen LogP contribution in [-0.2, 0) is 0 Å². The molecule has 0 radical (unpaired) electrons. The molecule has 1 fully saturated rings. The van der Waals surface area contributed by atoms with Gasteiger partial charge in [-0.25, -0.2) is 0 Å². The average Bonchev–Trinajstić information content (AvgIpc) is 2.31. The van der Waals surface area contributed by atoms with Crippen molar-refractivity contribution >= 4 is 24.0 Å². The summed E-state index contributed by atoms with van der Waals surface area (Å²) in [6, 6.07) is 4.36. The highest BCUT2D eigenvalue weighted by molar-refractivity contribution is 6.32. The van der Waals surface area contributed by atoms with Crippen molar-refractivity contribution in [2.75, 3.05) is 19.6 Å². The van der Waals surface area contributed by atoms with Crippen LogP contribution in [0.25, 0.3) is 0 Å². The summed E-state index contributed by atoms with van der Waals surface area (Å²) < 4.78 is 40.0. The van der Waals surface area contributed by atoms with Crippen molar-refractivity contribution in [3.05, 3.63) is 28.8 Å². The molecule has 2 rings (SSSR count). The van der Waals surface area contributed by atoms with Crippen molar-refractivity contribution in [1.29, 1.82) is 0 Å². The van der Waals surface area contributed by atoms with Crippen LogP contribution in [0.5, 0.6) is 5.75 Å². The molecule has 0 bridgehead atoms. The monoisotopic (exact) mass is 316 g/mol. The summed E-state index contributed by atoms with van der Waals surface area (Å²) in [5.74, 6) is -0.378. The largest absolute Gasteiger partial charge is 0.573 e. The molecule has 1 aromatic carbocycles. The predicted molar refractivity (Wildman–Crippen MR) is 69.0 cm³/mol. The van der Waals surface area contributed by atoms with E-state index in [1.807, 2.05) is 0 Å². The Balaban J connectivity index is 0.00000180. The number of rotatable bonds is 2. The van der Waals surface area contributed by atoms with Gasteiger partial charge in [-0.2, -0.15) is 0 Å². The number of benzene rings is 1. The molecule has 1 aliphatic heterocycles. The molecule has 0 amide bonds.